The Morgan fingerprint density at radius 1 is 0.971 bits per heavy atom. The molecule has 34 heavy (non-hydrogen) atoms. The van der Waals surface area contributed by atoms with E-state index in [1.807, 2.05) is 49.4 Å². The molecule has 0 aliphatic carbocycles. The lowest BCUT2D eigenvalue weighted by Gasteiger charge is -2.26. The van der Waals surface area contributed by atoms with Crippen LogP contribution in [-0.2, 0) is 17.8 Å². The third-order valence-electron chi connectivity index (χ3n) is 5.62. The molecular formula is C27H29ClN2O4. The normalized spacial score (nSPS) is 11.4. The second kappa shape index (κ2) is 11.6. The number of halogens is 1. The van der Waals surface area contributed by atoms with E-state index >= 15 is 0 Å². The molecule has 3 aromatic rings. The van der Waals surface area contributed by atoms with Gasteiger partial charge in [0.25, 0.3) is 5.91 Å². The molecule has 1 unspecified atom stereocenters. The van der Waals surface area contributed by atoms with Gasteiger partial charge in [-0.2, -0.15) is 0 Å². The van der Waals surface area contributed by atoms with Gasteiger partial charge in [0, 0.05) is 30.6 Å². The number of hydrogen-bond acceptors (Lipinski definition) is 4. The van der Waals surface area contributed by atoms with Crippen molar-refractivity contribution >= 4 is 23.4 Å². The fourth-order valence-corrected chi connectivity index (χ4v) is 3.81. The predicted octanol–water partition coefficient (Wildman–Crippen LogP) is 4.67. The van der Waals surface area contributed by atoms with Crippen LogP contribution in [-0.4, -0.2) is 44.0 Å². The standard InChI is InChI=1S/C27H29ClN2O4/c1-18-14-24(33-3)25(34-4)16-21(18)17-30(2)27(32)23(15-19-8-6-5-7-9-19)29-26(31)20-10-12-22(28)13-11-20/h5-14,16,23H,15,17H2,1-4H3,(H,29,31). The Kier molecular flexibility index (Phi) is 8.55. The van der Waals surface area contributed by atoms with Crippen LogP contribution >= 0.6 is 11.6 Å². The number of rotatable bonds is 9. The van der Waals surface area contributed by atoms with E-state index in [2.05, 4.69) is 5.32 Å². The SMILES string of the molecule is COc1cc(C)c(CN(C)C(=O)C(Cc2ccccc2)NC(=O)c2ccc(Cl)cc2)cc1OC. The first-order valence-corrected chi connectivity index (χ1v) is 11.3. The first-order valence-electron chi connectivity index (χ1n) is 10.9. The summed E-state index contributed by atoms with van der Waals surface area (Å²) in [6.07, 6.45) is 0.369. The molecule has 0 spiro atoms. The van der Waals surface area contributed by atoms with Crippen molar-refractivity contribution in [3.8, 4) is 11.5 Å². The fraction of sp³-hybridized carbons (Fsp3) is 0.259. The molecule has 0 aliphatic heterocycles. The summed E-state index contributed by atoms with van der Waals surface area (Å²) in [7, 11) is 4.89. The first kappa shape index (κ1) is 25.1. The molecule has 0 aromatic heterocycles. The quantitative estimate of drug-likeness (QED) is 0.483. The molecule has 2 amide bonds. The molecule has 0 heterocycles. The fourth-order valence-electron chi connectivity index (χ4n) is 3.69. The predicted molar refractivity (Wildman–Crippen MR) is 134 cm³/mol. The lowest BCUT2D eigenvalue weighted by Crippen LogP contribution is -2.48. The number of carbonyl (C=O) groups is 2. The van der Waals surface area contributed by atoms with Crippen LogP contribution < -0.4 is 14.8 Å². The number of nitrogens with one attached hydrogen (secondary N) is 1. The third kappa shape index (κ3) is 6.29. The van der Waals surface area contributed by atoms with Crippen molar-refractivity contribution in [3.05, 3.63) is 94.0 Å². The highest BCUT2D eigenvalue weighted by Crippen LogP contribution is 2.30. The van der Waals surface area contributed by atoms with Crippen LogP contribution in [0.1, 0.15) is 27.0 Å². The van der Waals surface area contributed by atoms with Gasteiger partial charge in [-0.05, 0) is 60.0 Å². The van der Waals surface area contributed by atoms with Gasteiger partial charge in [-0.3, -0.25) is 9.59 Å². The van der Waals surface area contributed by atoms with Crippen LogP contribution in [0.3, 0.4) is 0 Å². The average molecular weight is 481 g/mol. The van der Waals surface area contributed by atoms with Crippen molar-refractivity contribution in [2.75, 3.05) is 21.3 Å². The van der Waals surface area contributed by atoms with Crippen LogP contribution in [0.2, 0.25) is 5.02 Å². The maximum absolute atomic E-state index is 13.5. The Balaban J connectivity index is 1.82. The van der Waals surface area contributed by atoms with E-state index in [9.17, 15) is 9.59 Å². The monoisotopic (exact) mass is 480 g/mol. The highest BCUT2D eigenvalue weighted by molar-refractivity contribution is 6.30. The maximum atomic E-state index is 13.5. The summed E-state index contributed by atoms with van der Waals surface area (Å²) in [6, 6.07) is 19.2. The molecule has 1 N–H and O–H groups in total. The number of aryl methyl sites for hydroxylation is 1. The summed E-state index contributed by atoms with van der Waals surface area (Å²) >= 11 is 5.94. The molecule has 0 saturated heterocycles. The largest absolute Gasteiger partial charge is 0.493 e. The topological polar surface area (TPSA) is 67.9 Å². The lowest BCUT2D eigenvalue weighted by molar-refractivity contribution is -0.132. The minimum atomic E-state index is -0.740. The van der Waals surface area contributed by atoms with Crippen molar-refractivity contribution in [1.29, 1.82) is 0 Å². The zero-order valence-electron chi connectivity index (χ0n) is 19.8. The molecule has 0 fully saturated rings. The van der Waals surface area contributed by atoms with Crippen LogP contribution in [0.4, 0.5) is 0 Å². The van der Waals surface area contributed by atoms with E-state index in [0.717, 1.165) is 16.7 Å². The van der Waals surface area contributed by atoms with Gasteiger partial charge in [0.1, 0.15) is 6.04 Å². The Hall–Kier alpha value is -3.51. The number of methoxy groups -OCH3 is 2. The molecule has 0 bridgehead atoms. The van der Waals surface area contributed by atoms with Crippen molar-refractivity contribution in [2.45, 2.75) is 25.9 Å². The van der Waals surface area contributed by atoms with E-state index in [-0.39, 0.29) is 11.8 Å². The second-order valence-electron chi connectivity index (χ2n) is 8.05. The molecular weight excluding hydrogens is 452 g/mol. The molecule has 6 nitrogen and oxygen atoms in total. The van der Waals surface area contributed by atoms with Gasteiger partial charge in [-0.15, -0.1) is 0 Å². The average Bonchev–Trinajstić information content (AvgIpc) is 2.85. The number of hydrogen-bond donors (Lipinski definition) is 1. The van der Waals surface area contributed by atoms with E-state index < -0.39 is 6.04 Å². The molecule has 3 aromatic carbocycles. The Bertz CT molecular complexity index is 1130. The van der Waals surface area contributed by atoms with Gasteiger partial charge in [0.15, 0.2) is 11.5 Å². The number of likely N-dealkylation sites (N-methyl/N-ethyl adjacent to an activating group) is 1. The number of benzene rings is 3. The molecule has 0 aliphatic rings. The summed E-state index contributed by atoms with van der Waals surface area (Å²) in [4.78, 5) is 28.0. The van der Waals surface area contributed by atoms with Crippen molar-refractivity contribution in [2.24, 2.45) is 0 Å². The van der Waals surface area contributed by atoms with Gasteiger partial charge in [0.05, 0.1) is 14.2 Å². The molecule has 1 atom stereocenters. The van der Waals surface area contributed by atoms with Gasteiger partial charge in [-0.25, -0.2) is 0 Å². The maximum Gasteiger partial charge on any atom is 0.251 e. The van der Waals surface area contributed by atoms with Crippen LogP contribution in [0.15, 0.2) is 66.7 Å². The van der Waals surface area contributed by atoms with Gasteiger partial charge >= 0.3 is 0 Å². The summed E-state index contributed by atoms with van der Waals surface area (Å²) in [5, 5.41) is 3.45. The van der Waals surface area contributed by atoms with E-state index in [1.54, 1.807) is 50.4 Å². The minimum absolute atomic E-state index is 0.194. The molecule has 3 rings (SSSR count). The van der Waals surface area contributed by atoms with E-state index in [4.69, 9.17) is 21.1 Å². The molecule has 0 radical (unpaired) electrons. The number of ether oxygens (including phenoxy) is 2. The minimum Gasteiger partial charge on any atom is -0.493 e. The Morgan fingerprint density at radius 3 is 2.21 bits per heavy atom. The zero-order valence-corrected chi connectivity index (χ0v) is 20.6. The third-order valence-corrected chi connectivity index (χ3v) is 5.87. The summed E-state index contributed by atoms with van der Waals surface area (Å²) in [6.45, 7) is 2.31. The van der Waals surface area contributed by atoms with Crippen LogP contribution in [0.5, 0.6) is 11.5 Å². The van der Waals surface area contributed by atoms with E-state index in [0.29, 0.717) is 35.1 Å². The molecule has 7 heteroatoms. The van der Waals surface area contributed by atoms with Gasteiger partial charge in [-0.1, -0.05) is 41.9 Å². The number of nitrogens with zero attached hydrogens (tertiary/aromatic N) is 1. The summed E-state index contributed by atoms with van der Waals surface area (Å²) in [5.41, 5.74) is 3.29. The zero-order chi connectivity index (χ0) is 24.7. The highest BCUT2D eigenvalue weighted by Gasteiger charge is 2.25. The second-order valence-corrected chi connectivity index (χ2v) is 8.49. The number of amides is 2. The highest BCUT2D eigenvalue weighted by atomic mass is 35.5. The van der Waals surface area contributed by atoms with Crippen LogP contribution in [0.25, 0.3) is 0 Å². The smallest absolute Gasteiger partial charge is 0.251 e. The van der Waals surface area contributed by atoms with Crippen molar-refractivity contribution in [3.63, 3.8) is 0 Å². The van der Waals surface area contributed by atoms with Gasteiger partial charge < -0.3 is 19.7 Å². The summed E-state index contributed by atoms with van der Waals surface area (Å²) in [5.74, 6) is 0.706. The lowest BCUT2D eigenvalue weighted by atomic mass is 10.0. The molecule has 178 valence electrons. The van der Waals surface area contributed by atoms with Gasteiger partial charge in [0.2, 0.25) is 5.91 Å². The summed E-state index contributed by atoms with van der Waals surface area (Å²) < 4.78 is 10.8. The molecule has 0 saturated carbocycles. The Morgan fingerprint density at radius 2 is 1.59 bits per heavy atom. The number of carbonyl (C=O) groups excluding carboxylic acids is 2. The van der Waals surface area contributed by atoms with Crippen molar-refractivity contribution in [1.82, 2.24) is 10.2 Å². The first-order chi connectivity index (χ1) is 16.3. The van der Waals surface area contributed by atoms with Crippen molar-refractivity contribution < 1.29 is 19.1 Å². The Labute approximate surface area is 205 Å². The van der Waals surface area contributed by atoms with E-state index in [1.165, 1.54) is 0 Å². The van der Waals surface area contributed by atoms with Crippen LogP contribution in [0, 0.1) is 6.92 Å².